The van der Waals surface area contributed by atoms with Crippen LogP contribution in [0, 0.1) is 6.92 Å². The van der Waals surface area contributed by atoms with Gasteiger partial charge in [-0.25, -0.2) is 9.59 Å². The maximum atomic E-state index is 11.8. The van der Waals surface area contributed by atoms with Crippen LogP contribution in [0.15, 0.2) is 18.2 Å². The molecule has 0 bridgehead atoms. The Balaban J connectivity index is 2.76. The fraction of sp³-hybridized carbons (Fsp3) is 0.429. The summed E-state index contributed by atoms with van der Waals surface area (Å²) < 4.78 is 0. The lowest BCUT2D eigenvalue weighted by Crippen LogP contribution is -2.45. The normalized spacial score (nSPS) is 10.9. The number of hydrogen-bond donors (Lipinski definition) is 3. The van der Waals surface area contributed by atoms with Gasteiger partial charge in [0.25, 0.3) is 0 Å². The van der Waals surface area contributed by atoms with Crippen LogP contribution in [0.5, 0.6) is 0 Å². The van der Waals surface area contributed by atoms with Gasteiger partial charge < -0.3 is 15.7 Å². The maximum absolute atomic E-state index is 11.8. The summed E-state index contributed by atoms with van der Waals surface area (Å²) in [5.41, 5.74) is 1.15. The minimum absolute atomic E-state index is 0.236. The summed E-state index contributed by atoms with van der Waals surface area (Å²) in [6.45, 7) is 7.56. The first-order valence-corrected chi connectivity index (χ1v) is 6.18. The molecular formula is C14H20N2O3. The number of amides is 2. The third kappa shape index (κ3) is 4.28. The van der Waals surface area contributed by atoms with E-state index in [1.165, 1.54) is 6.07 Å². The second-order valence-corrected chi connectivity index (χ2v) is 5.15. The molecule has 5 heteroatoms. The van der Waals surface area contributed by atoms with E-state index in [4.69, 9.17) is 5.11 Å². The van der Waals surface area contributed by atoms with Crippen molar-refractivity contribution >= 4 is 17.7 Å². The predicted molar refractivity (Wildman–Crippen MR) is 74.7 cm³/mol. The molecular weight excluding hydrogens is 244 g/mol. The smallest absolute Gasteiger partial charge is 0.335 e. The van der Waals surface area contributed by atoms with Crippen molar-refractivity contribution in [3.8, 4) is 0 Å². The molecule has 0 aromatic heterocycles. The fourth-order valence-electron chi connectivity index (χ4n) is 1.54. The lowest BCUT2D eigenvalue weighted by atomic mass is 10.0. The first-order valence-electron chi connectivity index (χ1n) is 6.18. The number of hydrogen-bond acceptors (Lipinski definition) is 2. The van der Waals surface area contributed by atoms with Gasteiger partial charge in [0.2, 0.25) is 0 Å². The first kappa shape index (κ1) is 15.0. The lowest BCUT2D eigenvalue weighted by Gasteiger charge is -2.24. The summed E-state index contributed by atoms with van der Waals surface area (Å²) in [5, 5.41) is 14.5. The number of aromatic carboxylic acids is 1. The molecule has 104 valence electrons. The van der Waals surface area contributed by atoms with Gasteiger partial charge in [0, 0.05) is 11.2 Å². The molecule has 19 heavy (non-hydrogen) atoms. The molecule has 1 aromatic carbocycles. The highest BCUT2D eigenvalue weighted by Crippen LogP contribution is 2.15. The highest BCUT2D eigenvalue weighted by molar-refractivity contribution is 5.93. The van der Waals surface area contributed by atoms with Crippen LogP contribution in [0.25, 0.3) is 0 Å². The van der Waals surface area contributed by atoms with E-state index in [1.54, 1.807) is 19.1 Å². The molecule has 0 saturated heterocycles. The molecule has 0 aliphatic rings. The van der Waals surface area contributed by atoms with E-state index < -0.39 is 5.97 Å². The standard InChI is InChI=1S/C14H20N2O3/c1-5-14(3,4)16-13(19)15-10-6-7-11(12(17)18)9(2)8-10/h6-8H,5H2,1-4H3,(H,17,18)(H2,15,16,19). The average Bonchev–Trinajstić information content (AvgIpc) is 2.27. The molecule has 1 aromatic rings. The zero-order chi connectivity index (χ0) is 14.6. The highest BCUT2D eigenvalue weighted by Gasteiger charge is 2.17. The monoisotopic (exact) mass is 264 g/mol. The maximum Gasteiger partial charge on any atom is 0.335 e. The van der Waals surface area contributed by atoms with Crippen LogP contribution in [-0.4, -0.2) is 22.6 Å². The van der Waals surface area contributed by atoms with Crippen molar-refractivity contribution in [2.45, 2.75) is 39.7 Å². The Kier molecular flexibility index (Phi) is 4.53. The van der Waals surface area contributed by atoms with E-state index in [1.807, 2.05) is 20.8 Å². The fourth-order valence-corrected chi connectivity index (χ4v) is 1.54. The number of carbonyl (C=O) groups is 2. The second-order valence-electron chi connectivity index (χ2n) is 5.15. The Morgan fingerprint density at radius 1 is 1.32 bits per heavy atom. The van der Waals surface area contributed by atoms with E-state index in [0.29, 0.717) is 11.3 Å². The van der Waals surface area contributed by atoms with E-state index in [2.05, 4.69) is 10.6 Å². The number of aryl methyl sites for hydroxylation is 1. The van der Waals surface area contributed by atoms with Gasteiger partial charge in [-0.1, -0.05) is 6.92 Å². The number of urea groups is 1. The largest absolute Gasteiger partial charge is 0.478 e. The predicted octanol–water partition coefficient (Wildman–Crippen LogP) is 3.00. The molecule has 2 amide bonds. The van der Waals surface area contributed by atoms with Crippen LogP contribution in [-0.2, 0) is 0 Å². The van der Waals surface area contributed by atoms with Crippen LogP contribution < -0.4 is 10.6 Å². The molecule has 0 aliphatic carbocycles. The van der Waals surface area contributed by atoms with E-state index >= 15 is 0 Å². The van der Waals surface area contributed by atoms with Crippen molar-refractivity contribution in [1.29, 1.82) is 0 Å². The molecule has 5 nitrogen and oxygen atoms in total. The van der Waals surface area contributed by atoms with Crippen LogP contribution >= 0.6 is 0 Å². The summed E-state index contributed by atoms with van der Waals surface area (Å²) >= 11 is 0. The SMILES string of the molecule is CCC(C)(C)NC(=O)Nc1ccc(C(=O)O)c(C)c1. The molecule has 0 atom stereocenters. The zero-order valence-corrected chi connectivity index (χ0v) is 11.7. The average molecular weight is 264 g/mol. The van der Waals surface area contributed by atoms with E-state index in [-0.39, 0.29) is 17.1 Å². The third-order valence-corrected chi connectivity index (χ3v) is 3.05. The topological polar surface area (TPSA) is 78.4 Å². The minimum atomic E-state index is -0.972. The zero-order valence-electron chi connectivity index (χ0n) is 11.7. The Bertz CT molecular complexity index is 495. The molecule has 0 heterocycles. The number of nitrogens with one attached hydrogen (secondary N) is 2. The summed E-state index contributed by atoms with van der Waals surface area (Å²) in [5.74, 6) is -0.972. The van der Waals surface area contributed by atoms with Gasteiger partial charge in [-0.3, -0.25) is 0 Å². The Hall–Kier alpha value is -2.04. The summed E-state index contributed by atoms with van der Waals surface area (Å²) in [7, 11) is 0. The van der Waals surface area contributed by atoms with Crippen LogP contribution in [0.4, 0.5) is 10.5 Å². The van der Waals surface area contributed by atoms with Crippen LogP contribution in [0.1, 0.15) is 43.1 Å². The number of carbonyl (C=O) groups excluding carboxylic acids is 1. The Morgan fingerprint density at radius 3 is 2.42 bits per heavy atom. The molecule has 0 radical (unpaired) electrons. The third-order valence-electron chi connectivity index (χ3n) is 3.05. The molecule has 3 N–H and O–H groups in total. The molecule has 0 fully saturated rings. The van der Waals surface area contributed by atoms with Crippen molar-refractivity contribution in [2.24, 2.45) is 0 Å². The number of carboxylic acid groups (broad SMARTS) is 1. The van der Waals surface area contributed by atoms with E-state index in [9.17, 15) is 9.59 Å². The molecule has 0 spiro atoms. The Morgan fingerprint density at radius 2 is 1.95 bits per heavy atom. The van der Waals surface area contributed by atoms with Crippen molar-refractivity contribution in [3.63, 3.8) is 0 Å². The van der Waals surface area contributed by atoms with Crippen molar-refractivity contribution < 1.29 is 14.7 Å². The number of benzene rings is 1. The lowest BCUT2D eigenvalue weighted by molar-refractivity contribution is 0.0696. The minimum Gasteiger partial charge on any atom is -0.478 e. The first-order chi connectivity index (χ1) is 8.75. The van der Waals surface area contributed by atoms with Gasteiger partial charge in [-0.2, -0.15) is 0 Å². The van der Waals surface area contributed by atoms with Gasteiger partial charge in [-0.05, 0) is 51.0 Å². The highest BCUT2D eigenvalue weighted by atomic mass is 16.4. The van der Waals surface area contributed by atoms with Gasteiger partial charge in [-0.15, -0.1) is 0 Å². The van der Waals surface area contributed by atoms with Crippen LogP contribution in [0.3, 0.4) is 0 Å². The second kappa shape index (κ2) is 5.73. The van der Waals surface area contributed by atoms with Crippen molar-refractivity contribution in [2.75, 3.05) is 5.32 Å². The van der Waals surface area contributed by atoms with Gasteiger partial charge in [0.15, 0.2) is 0 Å². The van der Waals surface area contributed by atoms with Gasteiger partial charge >= 0.3 is 12.0 Å². The molecule has 0 unspecified atom stereocenters. The van der Waals surface area contributed by atoms with Crippen molar-refractivity contribution in [3.05, 3.63) is 29.3 Å². The van der Waals surface area contributed by atoms with Gasteiger partial charge in [0.05, 0.1) is 5.56 Å². The number of rotatable bonds is 4. The molecule has 0 aliphatic heterocycles. The van der Waals surface area contributed by atoms with Gasteiger partial charge in [0.1, 0.15) is 0 Å². The summed E-state index contributed by atoms with van der Waals surface area (Å²) in [6.07, 6.45) is 0.817. The Labute approximate surface area is 113 Å². The quantitative estimate of drug-likeness (QED) is 0.782. The van der Waals surface area contributed by atoms with Crippen molar-refractivity contribution in [1.82, 2.24) is 5.32 Å². The number of carboxylic acids is 1. The number of anilines is 1. The summed E-state index contributed by atoms with van der Waals surface area (Å²) in [6, 6.07) is 4.41. The van der Waals surface area contributed by atoms with E-state index in [0.717, 1.165) is 6.42 Å². The summed E-state index contributed by atoms with van der Waals surface area (Å²) in [4.78, 5) is 22.7. The molecule has 0 saturated carbocycles. The van der Waals surface area contributed by atoms with Crippen LogP contribution in [0.2, 0.25) is 0 Å². The molecule has 1 rings (SSSR count).